The summed E-state index contributed by atoms with van der Waals surface area (Å²) in [5.41, 5.74) is 0. The zero-order valence-electron chi connectivity index (χ0n) is 15.0. The number of rotatable bonds is 10. The fourth-order valence-electron chi connectivity index (χ4n) is 2.69. The largest absolute Gasteiger partial charge is 0.382 e. The van der Waals surface area contributed by atoms with Crippen LogP contribution in [0.3, 0.4) is 0 Å². The van der Waals surface area contributed by atoms with Crippen molar-refractivity contribution in [1.82, 2.24) is 15.5 Å². The Labute approximate surface area is 158 Å². The molecule has 6 nitrogen and oxygen atoms in total. The van der Waals surface area contributed by atoms with Crippen molar-refractivity contribution in [3.63, 3.8) is 0 Å². The third kappa shape index (κ3) is 11.1. The first-order chi connectivity index (χ1) is 10.8. The van der Waals surface area contributed by atoms with Gasteiger partial charge in [-0.05, 0) is 32.7 Å². The van der Waals surface area contributed by atoms with Crippen LogP contribution in [0.2, 0.25) is 0 Å². The van der Waals surface area contributed by atoms with E-state index in [0.29, 0.717) is 19.8 Å². The smallest absolute Gasteiger partial charge is 0.191 e. The molecule has 0 radical (unpaired) electrons. The van der Waals surface area contributed by atoms with Gasteiger partial charge in [-0.1, -0.05) is 6.42 Å². The number of hydrogen-bond acceptors (Lipinski definition) is 4. The molecule has 7 heteroatoms. The van der Waals surface area contributed by atoms with E-state index in [1.807, 2.05) is 0 Å². The van der Waals surface area contributed by atoms with Gasteiger partial charge in [-0.15, -0.1) is 24.0 Å². The molecule has 1 fully saturated rings. The Kier molecular flexibility index (Phi) is 15.3. The van der Waals surface area contributed by atoms with Crippen LogP contribution in [-0.4, -0.2) is 77.1 Å². The maximum atomic E-state index is 5.41. The number of halogens is 1. The number of nitrogens with zero attached hydrogens (tertiary/aromatic N) is 2. The van der Waals surface area contributed by atoms with Gasteiger partial charge < -0.3 is 25.0 Å². The summed E-state index contributed by atoms with van der Waals surface area (Å²) in [6, 6.07) is 0.746. The second kappa shape index (κ2) is 15.4. The van der Waals surface area contributed by atoms with E-state index in [9.17, 15) is 0 Å². The third-order valence-corrected chi connectivity index (χ3v) is 4.05. The zero-order chi connectivity index (χ0) is 16.0. The van der Waals surface area contributed by atoms with E-state index in [2.05, 4.69) is 27.4 Å². The van der Waals surface area contributed by atoms with E-state index in [-0.39, 0.29) is 24.0 Å². The van der Waals surface area contributed by atoms with E-state index in [0.717, 1.165) is 31.5 Å². The van der Waals surface area contributed by atoms with Crippen molar-refractivity contribution < 1.29 is 9.47 Å². The van der Waals surface area contributed by atoms with E-state index < -0.39 is 0 Å². The van der Waals surface area contributed by atoms with Crippen LogP contribution in [0.25, 0.3) is 0 Å². The lowest BCUT2D eigenvalue weighted by atomic mass is 10.0. The van der Waals surface area contributed by atoms with Crippen LogP contribution in [0, 0.1) is 0 Å². The van der Waals surface area contributed by atoms with Crippen molar-refractivity contribution in [2.24, 2.45) is 4.99 Å². The lowest BCUT2D eigenvalue weighted by molar-refractivity contribution is 0.0733. The Morgan fingerprint density at radius 2 is 1.96 bits per heavy atom. The van der Waals surface area contributed by atoms with Gasteiger partial charge in [0, 0.05) is 39.8 Å². The molecule has 138 valence electrons. The van der Waals surface area contributed by atoms with E-state index in [1.165, 1.54) is 32.4 Å². The third-order valence-electron chi connectivity index (χ3n) is 4.05. The second-order valence-corrected chi connectivity index (χ2v) is 5.77. The van der Waals surface area contributed by atoms with Gasteiger partial charge in [-0.25, -0.2) is 0 Å². The summed E-state index contributed by atoms with van der Waals surface area (Å²) < 4.78 is 10.3. The van der Waals surface area contributed by atoms with Crippen LogP contribution < -0.4 is 10.6 Å². The number of nitrogens with one attached hydrogen (secondary N) is 2. The lowest BCUT2D eigenvalue weighted by Gasteiger charge is -2.33. The van der Waals surface area contributed by atoms with Gasteiger partial charge in [0.05, 0.1) is 19.8 Å². The predicted octanol–water partition coefficient (Wildman–Crippen LogP) is 1.70. The van der Waals surface area contributed by atoms with E-state index in [4.69, 9.17) is 9.47 Å². The molecular formula is C16H35IN4O2. The molecule has 0 aliphatic carbocycles. The molecule has 1 aliphatic rings. The van der Waals surface area contributed by atoms with Crippen LogP contribution in [0.4, 0.5) is 0 Å². The number of methoxy groups -OCH3 is 1. The lowest BCUT2D eigenvalue weighted by Crippen LogP contribution is -2.42. The van der Waals surface area contributed by atoms with Crippen molar-refractivity contribution in [1.29, 1.82) is 0 Å². The Balaban J connectivity index is 0.00000484. The highest BCUT2D eigenvalue weighted by molar-refractivity contribution is 14.0. The average molecular weight is 442 g/mol. The fourth-order valence-corrected chi connectivity index (χ4v) is 2.69. The van der Waals surface area contributed by atoms with Crippen molar-refractivity contribution in [3.8, 4) is 0 Å². The van der Waals surface area contributed by atoms with E-state index >= 15 is 0 Å². The van der Waals surface area contributed by atoms with Crippen molar-refractivity contribution in [3.05, 3.63) is 0 Å². The minimum Gasteiger partial charge on any atom is -0.382 e. The number of ether oxygens (including phenoxy) is 2. The number of piperidine rings is 1. The molecule has 2 N–H and O–H groups in total. The summed E-state index contributed by atoms with van der Waals surface area (Å²) in [5, 5.41) is 6.61. The van der Waals surface area contributed by atoms with Gasteiger partial charge in [-0.2, -0.15) is 0 Å². The zero-order valence-corrected chi connectivity index (χ0v) is 17.3. The molecule has 0 spiro atoms. The van der Waals surface area contributed by atoms with E-state index in [1.54, 1.807) is 14.2 Å². The van der Waals surface area contributed by atoms with Crippen molar-refractivity contribution in [2.75, 3.05) is 60.2 Å². The minimum absolute atomic E-state index is 0. The Morgan fingerprint density at radius 1 is 1.17 bits per heavy atom. The summed E-state index contributed by atoms with van der Waals surface area (Å²) in [6.07, 6.45) is 5.23. The standard InChI is InChI=1S/C16H34N4O2.HI/c1-15-7-4-5-10-20(15)11-6-8-18-16(17-2)19-9-12-22-14-13-21-3;/h15H,4-14H2,1-3H3,(H2,17,18,19);1H. The Bertz CT molecular complexity index is 306. The molecular weight excluding hydrogens is 407 g/mol. The summed E-state index contributed by atoms with van der Waals surface area (Å²) >= 11 is 0. The molecule has 1 saturated heterocycles. The molecule has 0 bridgehead atoms. The first kappa shape index (κ1) is 22.9. The first-order valence-corrected chi connectivity index (χ1v) is 8.53. The first-order valence-electron chi connectivity index (χ1n) is 8.53. The molecule has 1 heterocycles. The number of likely N-dealkylation sites (tertiary alicyclic amines) is 1. The minimum atomic E-state index is 0. The Hall–Kier alpha value is -0.120. The molecule has 0 amide bonds. The summed E-state index contributed by atoms with van der Waals surface area (Å²) in [5.74, 6) is 0.849. The molecule has 0 aromatic carbocycles. The Morgan fingerprint density at radius 3 is 2.65 bits per heavy atom. The number of hydrogen-bond donors (Lipinski definition) is 2. The highest BCUT2D eigenvalue weighted by Gasteiger charge is 2.16. The van der Waals surface area contributed by atoms with Crippen LogP contribution in [0.15, 0.2) is 4.99 Å². The molecule has 0 aromatic heterocycles. The molecule has 0 saturated carbocycles. The summed E-state index contributed by atoms with van der Waals surface area (Å²) in [7, 11) is 3.48. The molecule has 1 atom stereocenters. The van der Waals surface area contributed by atoms with Crippen LogP contribution >= 0.6 is 24.0 Å². The number of guanidine groups is 1. The quantitative estimate of drug-likeness (QED) is 0.234. The topological polar surface area (TPSA) is 58.1 Å². The highest BCUT2D eigenvalue weighted by atomic mass is 127. The highest BCUT2D eigenvalue weighted by Crippen LogP contribution is 2.15. The molecule has 0 aromatic rings. The summed E-state index contributed by atoms with van der Waals surface area (Å²) in [4.78, 5) is 6.82. The predicted molar refractivity (Wildman–Crippen MR) is 107 cm³/mol. The molecule has 1 rings (SSSR count). The number of aliphatic imine (C=N–C) groups is 1. The normalized spacial score (nSPS) is 19.3. The molecule has 1 unspecified atom stereocenters. The van der Waals surface area contributed by atoms with Crippen LogP contribution in [-0.2, 0) is 9.47 Å². The maximum Gasteiger partial charge on any atom is 0.191 e. The van der Waals surface area contributed by atoms with Gasteiger partial charge in [0.2, 0.25) is 0 Å². The van der Waals surface area contributed by atoms with Gasteiger partial charge in [0.15, 0.2) is 5.96 Å². The SMILES string of the molecule is CN=C(NCCCN1CCCCC1C)NCCOCCOC.I. The van der Waals surface area contributed by atoms with Crippen molar-refractivity contribution >= 4 is 29.9 Å². The summed E-state index contributed by atoms with van der Waals surface area (Å²) in [6.45, 7) is 8.42. The van der Waals surface area contributed by atoms with Crippen molar-refractivity contribution in [2.45, 2.75) is 38.6 Å². The van der Waals surface area contributed by atoms with Gasteiger partial charge in [0.1, 0.15) is 0 Å². The molecule has 1 aliphatic heterocycles. The van der Waals surface area contributed by atoms with Gasteiger partial charge in [-0.3, -0.25) is 4.99 Å². The van der Waals surface area contributed by atoms with Gasteiger partial charge in [0.25, 0.3) is 0 Å². The fraction of sp³-hybridized carbons (Fsp3) is 0.938. The monoisotopic (exact) mass is 442 g/mol. The molecule has 23 heavy (non-hydrogen) atoms. The second-order valence-electron chi connectivity index (χ2n) is 5.77. The average Bonchev–Trinajstić information content (AvgIpc) is 2.54. The van der Waals surface area contributed by atoms with Crippen LogP contribution in [0.5, 0.6) is 0 Å². The van der Waals surface area contributed by atoms with Crippen LogP contribution in [0.1, 0.15) is 32.6 Å². The maximum absolute atomic E-state index is 5.41. The van der Waals surface area contributed by atoms with Gasteiger partial charge >= 0.3 is 0 Å².